The zero-order chi connectivity index (χ0) is 28.1. The zero-order valence-corrected chi connectivity index (χ0v) is 22.9. The summed E-state index contributed by atoms with van der Waals surface area (Å²) < 4.78 is 0. The lowest BCUT2D eigenvalue weighted by Crippen LogP contribution is -2.36. The van der Waals surface area contributed by atoms with E-state index in [9.17, 15) is 24.3 Å². The van der Waals surface area contributed by atoms with E-state index in [1.54, 1.807) is 42.5 Å². The van der Waals surface area contributed by atoms with E-state index in [1.165, 1.54) is 11.3 Å². The molecule has 5 rings (SSSR count). The van der Waals surface area contributed by atoms with Crippen molar-refractivity contribution in [2.24, 2.45) is 5.92 Å². The molecule has 1 aliphatic carbocycles. The van der Waals surface area contributed by atoms with E-state index in [0.717, 1.165) is 29.8 Å². The minimum absolute atomic E-state index is 0.171. The van der Waals surface area contributed by atoms with Crippen LogP contribution in [-0.2, 0) is 9.59 Å². The van der Waals surface area contributed by atoms with Crippen LogP contribution in [0.25, 0.3) is 0 Å². The Hall–Kier alpha value is -4.18. The average Bonchev–Trinajstić information content (AvgIpc) is 3.72. The van der Waals surface area contributed by atoms with Gasteiger partial charge in [0.2, 0.25) is 5.91 Å². The molecular weight excluding hydrogens is 528 g/mol. The van der Waals surface area contributed by atoms with Gasteiger partial charge in [-0.2, -0.15) is 0 Å². The Morgan fingerprint density at radius 3 is 2.40 bits per heavy atom. The van der Waals surface area contributed by atoms with Crippen LogP contribution in [0.2, 0.25) is 0 Å². The van der Waals surface area contributed by atoms with Crippen LogP contribution in [0.15, 0.2) is 66.0 Å². The Balaban J connectivity index is 1.40. The van der Waals surface area contributed by atoms with Crippen molar-refractivity contribution in [2.45, 2.75) is 31.7 Å². The van der Waals surface area contributed by atoms with E-state index in [4.69, 9.17) is 0 Å². The van der Waals surface area contributed by atoms with Gasteiger partial charge in [-0.3, -0.25) is 19.2 Å². The van der Waals surface area contributed by atoms with Gasteiger partial charge in [-0.05, 0) is 61.0 Å². The second-order valence-electron chi connectivity index (χ2n) is 10.1. The van der Waals surface area contributed by atoms with Crippen molar-refractivity contribution in [2.75, 3.05) is 36.4 Å². The maximum absolute atomic E-state index is 13.3. The summed E-state index contributed by atoms with van der Waals surface area (Å²) in [7, 11) is 0. The molecule has 1 saturated carbocycles. The summed E-state index contributed by atoms with van der Waals surface area (Å²) in [5, 5.41) is 17.0. The Morgan fingerprint density at radius 1 is 0.900 bits per heavy atom. The van der Waals surface area contributed by atoms with Crippen LogP contribution in [0.5, 0.6) is 0 Å². The van der Waals surface area contributed by atoms with Crippen molar-refractivity contribution in [1.82, 2.24) is 10.2 Å². The van der Waals surface area contributed by atoms with Crippen molar-refractivity contribution < 1.29 is 24.3 Å². The van der Waals surface area contributed by atoms with E-state index in [1.807, 2.05) is 28.5 Å². The lowest BCUT2D eigenvalue weighted by atomic mass is 10.1. The second kappa shape index (κ2) is 12.3. The third-order valence-corrected chi connectivity index (χ3v) is 8.17. The second-order valence-corrected chi connectivity index (χ2v) is 11.1. The molecule has 40 heavy (non-hydrogen) atoms. The van der Waals surface area contributed by atoms with Gasteiger partial charge in [0.25, 0.3) is 11.8 Å². The van der Waals surface area contributed by atoms with E-state index in [0.29, 0.717) is 43.0 Å². The van der Waals surface area contributed by atoms with Crippen molar-refractivity contribution in [3.8, 4) is 0 Å². The summed E-state index contributed by atoms with van der Waals surface area (Å²) in [5.41, 5.74) is 2.04. The highest BCUT2D eigenvalue weighted by Gasteiger charge is 2.34. The molecule has 1 atom stereocenters. The molecule has 1 aliphatic heterocycles. The summed E-state index contributed by atoms with van der Waals surface area (Å²) in [6.07, 6.45) is 2.49. The van der Waals surface area contributed by atoms with E-state index < -0.39 is 17.9 Å². The molecule has 2 aliphatic rings. The molecule has 208 valence electrons. The Bertz CT molecular complexity index is 1370. The predicted octanol–water partition coefficient (Wildman–Crippen LogP) is 4.39. The van der Waals surface area contributed by atoms with Gasteiger partial charge in [-0.1, -0.05) is 24.3 Å². The van der Waals surface area contributed by atoms with E-state index in [-0.39, 0.29) is 24.2 Å². The standard InChI is InChI=1S/C30H32N4O5S/c35-27(36)19-24(26-8-4-17-40-26)32-29(38)22-11-12-25(23(18-22)31-28(37)20-6-2-1-3-7-20)33-13-5-14-34(16-15-33)30(39)21-9-10-21/h1-4,6-8,11-12,17-18,21,24H,5,9-10,13-16,19H2,(H,31,37)(H,32,38)(H,35,36). The molecule has 0 radical (unpaired) electrons. The molecule has 1 unspecified atom stereocenters. The molecule has 0 bridgehead atoms. The number of hydrogen-bond donors (Lipinski definition) is 3. The van der Waals surface area contributed by atoms with Crippen molar-refractivity contribution in [3.63, 3.8) is 0 Å². The first-order chi connectivity index (χ1) is 19.4. The van der Waals surface area contributed by atoms with Gasteiger partial charge in [0.05, 0.1) is 23.8 Å². The topological polar surface area (TPSA) is 119 Å². The van der Waals surface area contributed by atoms with Crippen LogP contribution < -0.4 is 15.5 Å². The largest absolute Gasteiger partial charge is 0.481 e. The number of nitrogens with one attached hydrogen (secondary N) is 2. The van der Waals surface area contributed by atoms with E-state index in [2.05, 4.69) is 15.5 Å². The molecule has 9 nitrogen and oxygen atoms in total. The fourth-order valence-electron chi connectivity index (χ4n) is 4.93. The van der Waals surface area contributed by atoms with Crippen LogP contribution in [0.1, 0.15) is 57.3 Å². The van der Waals surface area contributed by atoms with Crippen LogP contribution in [0.4, 0.5) is 11.4 Å². The molecule has 3 amide bonds. The minimum Gasteiger partial charge on any atom is -0.481 e. The molecule has 10 heteroatoms. The number of carbonyl (C=O) groups excluding carboxylic acids is 3. The van der Waals surface area contributed by atoms with Crippen LogP contribution in [0.3, 0.4) is 0 Å². The number of carbonyl (C=O) groups is 4. The lowest BCUT2D eigenvalue weighted by Gasteiger charge is -2.27. The SMILES string of the molecule is O=C(O)CC(NC(=O)c1ccc(N2CCCN(C(=O)C3CC3)CC2)c(NC(=O)c2ccccc2)c1)c1cccs1. The summed E-state index contributed by atoms with van der Waals surface area (Å²) in [5.74, 6) is -1.35. The third kappa shape index (κ3) is 6.69. The highest BCUT2D eigenvalue weighted by atomic mass is 32.1. The zero-order valence-electron chi connectivity index (χ0n) is 22.0. The number of nitrogens with zero attached hydrogens (tertiary/aromatic N) is 2. The molecule has 2 aromatic carbocycles. The summed E-state index contributed by atoms with van der Waals surface area (Å²) in [6.45, 7) is 2.61. The van der Waals surface area contributed by atoms with Gasteiger partial charge < -0.3 is 25.5 Å². The first-order valence-corrected chi connectivity index (χ1v) is 14.4. The minimum atomic E-state index is -1.01. The summed E-state index contributed by atoms with van der Waals surface area (Å²) in [6, 6.07) is 16.9. The van der Waals surface area contributed by atoms with Crippen molar-refractivity contribution in [3.05, 3.63) is 82.0 Å². The summed E-state index contributed by atoms with van der Waals surface area (Å²) >= 11 is 1.38. The highest BCUT2D eigenvalue weighted by molar-refractivity contribution is 7.10. The smallest absolute Gasteiger partial charge is 0.305 e. The summed E-state index contributed by atoms with van der Waals surface area (Å²) in [4.78, 5) is 55.4. The predicted molar refractivity (Wildman–Crippen MR) is 154 cm³/mol. The number of hydrogen-bond acceptors (Lipinski definition) is 6. The number of benzene rings is 2. The normalized spacial score (nSPS) is 16.1. The molecular formula is C30H32N4O5S. The number of carboxylic acid groups (broad SMARTS) is 1. The maximum Gasteiger partial charge on any atom is 0.305 e. The number of amides is 3. The number of aliphatic carboxylic acids is 1. The first kappa shape index (κ1) is 27.4. The average molecular weight is 561 g/mol. The Kier molecular flexibility index (Phi) is 8.45. The van der Waals surface area contributed by atoms with Gasteiger partial charge in [0, 0.05) is 48.1 Å². The maximum atomic E-state index is 13.3. The lowest BCUT2D eigenvalue weighted by molar-refractivity contribution is -0.137. The van der Waals surface area contributed by atoms with Crippen molar-refractivity contribution in [1.29, 1.82) is 0 Å². The molecule has 3 aromatic rings. The van der Waals surface area contributed by atoms with Crippen LogP contribution in [0, 0.1) is 5.92 Å². The fourth-order valence-corrected chi connectivity index (χ4v) is 5.71. The van der Waals surface area contributed by atoms with E-state index >= 15 is 0 Å². The highest BCUT2D eigenvalue weighted by Crippen LogP contribution is 2.33. The molecule has 1 saturated heterocycles. The Labute approximate surface area is 236 Å². The first-order valence-electron chi connectivity index (χ1n) is 13.5. The van der Waals surface area contributed by atoms with Crippen LogP contribution in [-0.4, -0.2) is 59.9 Å². The molecule has 1 aromatic heterocycles. The van der Waals surface area contributed by atoms with Crippen molar-refractivity contribution >= 4 is 46.4 Å². The van der Waals surface area contributed by atoms with Gasteiger partial charge in [0.1, 0.15) is 0 Å². The quantitative estimate of drug-likeness (QED) is 0.357. The Morgan fingerprint density at radius 2 is 1.70 bits per heavy atom. The number of rotatable bonds is 9. The van der Waals surface area contributed by atoms with Gasteiger partial charge in [0.15, 0.2) is 0 Å². The molecule has 3 N–H and O–H groups in total. The monoisotopic (exact) mass is 560 g/mol. The van der Waals surface area contributed by atoms with Crippen LogP contribution >= 0.6 is 11.3 Å². The van der Waals surface area contributed by atoms with Gasteiger partial charge in [-0.15, -0.1) is 11.3 Å². The van der Waals surface area contributed by atoms with Gasteiger partial charge in [-0.25, -0.2) is 0 Å². The fraction of sp³-hybridized carbons (Fsp3) is 0.333. The third-order valence-electron chi connectivity index (χ3n) is 7.19. The molecule has 2 heterocycles. The number of carboxylic acids is 1. The van der Waals surface area contributed by atoms with Gasteiger partial charge >= 0.3 is 5.97 Å². The molecule has 2 fully saturated rings. The number of thiophene rings is 1. The number of anilines is 2. The molecule has 0 spiro atoms.